The third-order valence-electron chi connectivity index (χ3n) is 6.04. The number of fused-ring (bicyclic) bond motifs is 2. The molecule has 0 fully saturated rings. The number of benzene rings is 3. The van der Waals surface area contributed by atoms with Crippen LogP contribution in [0.2, 0.25) is 1.41 Å². The minimum absolute atomic E-state index is 0.597. The van der Waals surface area contributed by atoms with Gasteiger partial charge in [0.1, 0.15) is 16.6 Å². The molecule has 0 amide bonds. The summed E-state index contributed by atoms with van der Waals surface area (Å²) in [6.45, 7) is 4.98. The first kappa shape index (κ1) is 25.3. The van der Waals surface area contributed by atoms with Crippen LogP contribution in [-0.4, -0.2) is 25.3 Å². The van der Waals surface area contributed by atoms with Crippen molar-refractivity contribution < 1.29 is 6.15 Å². The average molecular weight is 604 g/mol. The van der Waals surface area contributed by atoms with Crippen LogP contribution in [0.1, 0.15) is 16.0 Å². The lowest BCUT2D eigenvalue weighted by atomic mass is 10.1. The molecule has 0 aliphatic carbocycles. The lowest BCUT2D eigenvalue weighted by Crippen LogP contribution is -1.92. The monoisotopic (exact) mass is 603 g/mol. The normalized spacial score (nSPS) is 11.2. The first-order chi connectivity index (χ1) is 20.7. The van der Waals surface area contributed by atoms with Crippen molar-refractivity contribution in [3.63, 3.8) is 0 Å². The van der Waals surface area contributed by atoms with Crippen molar-refractivity contribution in [3.8, 4) is 20.9 Å². The number of nitrogens with zero attached hydrogens (tertiary/aromatic N) is 4. The van der Waals surface area contributed by atoms with Crippen LogP contribution in [-0.2, 0) is 18.0 Å². The van der Waals surface area contributed by atoms with Crippen LogP contribution in [0.5, 0.6) is 0 Å². The van der Waals surface area contributed by atoms with Crippen molar-refractivity contribution in [2.24, 2.45) is 0 Å². The van der Waals surface area contributed by atoms with Crippen molar-refractivity contribution in [2.45, 2.75) is 13.2 Å². The first-order valence-corrected chi connectivity index (χ1v) is 14.6. The number of aromatic amines is 1. The minimum Gasteiger partial charge on any atom is -0.371 e. The summed E-state index contributed by atoms with van der Waals surface area (Å²) in [5, 5.41) is 10.4. The Hall–Kier alpha value is -3.67. The Kier molecular flexibility index (Phi) is 8.30. The fourth-order valence-electron chi connectivity index (χ4n) is 4.07. The smallest absolute Gasteiger partial charge is 0.192 e. The van der Waals surface area contributed by atoms with Crippen molar-refractivity contribution in [1.29, 1.82) is 1.12 Å². The predicted octanol–water partition coefficient (Wildman–Crippen LogP) is 8.58. The Labute approximate surface area is 253 Å². The number of ether oxygens (including phenoxy) is 1. The minimum atomic E-state index is 0.597. The van der Waals surface area contributed by atoms with Crippen molar-refractivity contribution in [1.82, 2.24) is 24.2 Å². The molecule has 0 aliphatic heterocycles. The number of nitrogens with one attached hydrogen (secondary N) is 1. The Balaban J connectivity index is 0.000000245. The molecular formula is C30H25N5OS4. The summed E-state index contributed by atoms with van der Waals surface area (Å²) in [5.41, 5.74) is 8.03. The van der Waals surface area contributed by atoms with E-state index in [1.54, 1.807) is 22.7 Å². The van der Waals surface area contributed by atoms with Crippen LogP contribution in [0.15, 0.2) is 96.9 Å². The summed E-state index contributed by atoms with van der Waals surface area (Å²) in [6, 6.07) is 28.5. The van der Waals surface area contributed by atoms with E-state index in [0.29, 0.717) is 13.2 Å². The maximum atomic E-state index is 7.19. The highest BCUT2D eigenvalue weighted by Crippen LogP contribution is 2.38. The van der Waals surface area contributed by atoms with Crippen molar-refractivity contribution >= 4 is 75.9 Å². The van der Waals surface area contributed by atoms with Crippen LogP contribution < -0.4 is 0 Å². The number of H-pyrrole nitrogens is 1. The molecule has 7 aromatic rings. The van der Waals surface area contributed by atoms with E-state index < -0.39 is 0 Å². The highest BCUT2D eigenvalue weighted by molar-refractivity contribution is 7.59. The van der Waals surface area contributed by atoms with Crippen LogP contribution in [0.4, 0.5) is 0 Å². The van der Waals surface area contributed by atoms with E-state index >= 15 is 0 Å². The molecule has 200 valence electrons. The highest BCUT2D eigenvalue weighted by Gasteiger charge is 2.15. The zero-order chi connectivity index (χ0) is 29.3. The molecule has 10 heteroatoms. The fraction of sp³-hybridized carbons (Fsp3) is 0.0667. The van der Waals surface area contributed by atoms with E-state index in [1.807, 2.05) is 30.3 Å². The summed E-state index contributed by atoms with van der Waals surface area (Å²) >= 11 is 7.53. The predicted molar refractivity (Wildman–Crippen MR) is 173 cm³/mol. The number of para-hydroxylation sites is 1. The van der Waals surface area contributed by atoms with E-state index in [1.165, 1.54) is 26.4 Å². The van der Waals surface area contributed by atoms with Crippen molar-refractivity contribution in [3.05, 3.63) is 113 Å². The summed E-state index contributed by atoms with van der Waals surface area (Å²) in [4.78, 5) is 3.62. The van der Waals surface area contributed by atoms with Gasteiger partial charge in [0.15, 0.2) is 1.41 Å². The molecule has 0 unspecified atom stereocenters. The molecule has 1 N–H and O–H groups in total. The van der Waals surface area contributed by atoms with Gasteiger partial charge in [0, 0.05) is 25.8 Å². The zero-order valence-electron chi connectivity index (χ0n) is 23.2. The maximum Gasteiger partial charge on any atom is 0.192 e. The van der Waals surface area contributed by atoms with Gasteiger partial charge in [0.05, 0.1) is 31.6 Å². The third kappa shape index (κ3) is 6.22. The molecule has 3 aromatic carbocycles. The van der Waals surface area contributed by atoms with Gasteiger partial charge in [0.2, 0.25) is 0 Å². The summed E-state index contributed by atoms with van der Waals surface area (Å²) in [6.07, 6.45) is 1.85. The molecule has 40 heavy (non-hydrogen) atoms. The second-order valence-corrected chi connectivity index (χ2v) is 11.2. The van der Waals surface area contributed by atoms with E-state index in [9.17, 15) is 0 Å². The van der Waals surface area contributed by atoms with E-state index in [-0.39, 0.29) is 0 Å². The molecule has 0 atom stereocenters. The maximum absolute atomic E-state index is 7.19. The number of thiophene rings is 2. The Bertz CT molecular complexity index is 1880. The molecule has 0 saturated heterocycles. The van der Waals surface area contributed by atoms with E-state index in [2.05, 4.69) is 105 Å². The van der Waals surface area contributed by atoms with Gasteiger partial charge in [-0.25, -0.2) is 0 Å². The van der Waals surface area contributed by atoms with Gasteiger partial charge < -0.3 is 4.74 Å². The van der Waals surface area contributed by atoms with Crippen LogP contribution in [0.25, 0.3) is 49.0 Å². The summed E-state index contributed by atoms with van der Waals surface area (Å²) < 4.78 is 27.7. The van der Waals surface area contributed by atoms with Crippen molar-refractivity contribution in [2.75, 3.05) is 0 Å². The average Bonchev–Trinajstić information content (AvgIpc) is 3.87. The number of rotatable bonds is 7. The highest BCUT2D eigenvalue weighted by atomic mass is 32.1. The van der Waals surface area contributed by atoms with Gasteiger partial charge >= 0.3 is 0 Å². The topological polar surface area (TPSA) is 76.6 Å². The molecule has 7 rings (SSSR count). The molecule has 4 heterocycles. The Morgan fingerprint density at radius 3 is 2.38 bits per heavy atom. The largest absolute Gasteiger partial charge is 0.371 e. The van der Waals surface area contributed by atoms with E-state index in [0.717, 1.165) is 49.4 Å². The van der Waals surface area contributed by atoms with Gasteiger partial charge in [-0.05, 0) is 46.8 Å². The lowest BCUT2D eigenvalue weighted by molar-refractivity contribution is 0.109. The van der Waals surface area contributed by atoms with E-state index in [4.69, 9.17) is 7.27 Å². The SMILES string of the molecule is C=Cc1ccc(COCc2ccc(-c3ccc(-c4cccs4)c4nsnc34)s2)cc1.[3H]S.[3H]n1nnc2ccccc21. The standard InChI is InChI=1S/C24H18N2OS3.C6H5N3.H2S/c1-2-16-5-7-17(8-6-16)14-27-15-18-9-12-22(29-18)20-11-10-19(21-4-3-13-28-21)23-24(20)26-30-25-23;1-2-4-6-5(3-1)7-9-8-6;/h2-13H,1,14-15H2;1-4H,(H,7,8,9);1H2/i/hT2. The molecule has 0 aliphatic rings. The summed E-state index contributed by atoms with van der Waals surface area (Å²) in [7, 11) is 0. The number of hydrogen-bond donors (Lipinski definition) is 1. The summed E-state index contributed by atoms with van der Waals surface area (Å²) in [5.74, 6) is 0. The van der Waals surface area contributed by atoms with Crippen LogP contribution >= 0.6 is 47.8 Å². The second kappa shape index (κ2) is 13.1. The molecule has 4 aromatic heterocycles. The number of hydrogen-bond acceptors (Lipinski definition) is 8. The molecule has 0 spiro atoms. The van der Waals surface area contributed by atoms with Crippen LogP contribution in [0.3, 0.4) is 0 Å². The lowest BCUT2D eigenvalue weighted by Gasteiger charge is -2.04. The Morgan fingerprint density at radius 1 is 0.875 bits per heavy atom. The molecule has 0 saturated carbocycles. The third-order valence-corrected chi connectivity index (χ3v) is 8.57. The van der Waals surface area contributed by atoms with Gasteiger partial charge in [-0.3, -0.25) is 5.09 Å². The molecular weight excluding hydrogens is 575 g/mol. The first-order valence-electron chi connectivity index (χ1n) is 13.1. The molecule has 0 radical (unpaired) electrons. The van der Waals surface area contributed by atoms with Gasteiger partial charge in [-0.15, -0.1) is 27.8 Å². The van der Waals surface area contributed by atoms with Gasteiger partial charge in [0.25, 0.3) is 0 Å². The molecule has 0 bridgehead atoms. The quantitative estimate of drug-likeness (QED) is 0.197. The number of aromatic nitrogens is 5. The Morgan fingerprint density at radius 2 is 1.65 bits per heavy atom. The van der Waals surface area contributed by atoms with Gasteiger partial charge in [-0.1, -0.05) is 72.5 Å². The van der Waals surface area contributed by atoms with Crippen LogP contribution in [0, 0.1) is 0 Å². The second-order valence-electron chi connectivity index (χ2n) is 8.58. The fourth-order valence-corrected chi connectivity index (χ4v) is 6.37. The van der Waals surface area contributed by atoms with Gasteiger partial charge in [-0.2, -0.15) is 22.1 Å². The zero-order valence-corrected chi connectivity index (χ0v) is 24.5. The molecule has 6 nitrogen and oxygen atoms in total.